The molecule has 3 N–H and O–H groups in total. The van der Waals surface area contributed by atoms with Crippen molar-refractivity contribution < 1.29 is 22.7 Å². The van der Waals surface area contributed by atoms with Gasteiger partial charge in [0.1, 0.15) is 0 Å². The third-order valence-electron chi connectivity index (χ3n) is 7.12. The number of ether oxygens (including phenoxy) is 1. The van der Waals surface area contributed by atoms with E-state index in [9.17, 15) is 18.0 Å². The molecular formula is C24H31F3N4O2. The lowest BCUT2D eigenvalue weighted by Crippen LogP contribution is -2.49. The number of rotatable bonds is 5. The molecule has 33 heavy (non-hydrogen) atoms. The van der Waals surface area contributed by atoms with Gasteiger partial charge in [-0.15, -0.1) is 13.2 Å². The summed E-state index contributed by atoms with van der Waals surface area (Å²) in [4.78, 5) is 14.8. The number of carbonyl (C=O) groups is 1. The molecule has 1 amide bonds. The number of nitrogens with one attached hydrogen (secondary N) is 1. The molecule has 0 radical (unpaired) electrons. The van der Waals surface area contributed by atoms with Gasteiger partial charge in [-0.3, -0.25) is 14.5 Å². The summed E-state index contributed by atoms with van der Waals surface area (Å²) in [6, 6.07) is 0. The first-order valence-electron chi connectivity index (χ1n) is 11.4. The summed E-state index contributed by atoms with van der Waals surface area (Å²) >= 11 is 0. The summed E-state index contributed by atoms with van der Waals surface area (Å²) in [5, 5.41) is 4.49. The fraction of sp³-hybridized carbons (Fsp3) is 0.542. The molecule has 1 spiro atoms. The molecule has 180 valence electrons. The zero-order valence-corrected chi connectivity index (χ0v) is 18.8. The number of nitrogens with two attached hydrogens (primary N) is 1. The van der Waals surface area contributed by atoms with E-state index in [1.807, 2.05) is 24.3 Å². The Kier molecular flexibility index (Phi) is 6.72. The lowest BCUT2D eigenvalue weighted by atomic mass is 9.57. The van der Waals surface area contributed by atoms with Crippen LogP contribution in [0, 0.1) is 11.3 Å². The number of carbonyl (C=O) groups excluding carboxylic acids is 1. The van der Waals surface area contributed by atoms with E-state index in [1.54, 1.807) is 19.2 Å². The molecular weight excluding hydrogens is 433 g/mol. The van der Waals surface area contributed by atoms with Crippen molar-refractivity contribution >= 4 is 5.91 Å². The molecule has 1 saturated heterocycles. The van der Waals surface area contributed by atoms with Crippen molar-refractivity contribution in [2.24, 2.45) is 17.2 Å². The number of hydrogen-bond acceptors (Lipinski definition) is 5. The molecule has 4 rings (SSSR count). The number of piperidine rings is 1. The van der Waals surface area contributed by atoms with Crippen molar-refractivity contribution in [3.63, 3.8) is 0 Å². The molecule has 6 nitrogen and oxygen atoms in total. The van der Waals surface area contributed by atoms with E-state index in [1.165, 1.54) is 11.1 Å². The van der Waals surface area contributed by atoms with E-state index in [0.717, 1.165) is 44.5 Å². The van der Waals surface area contributed by atoms with Gasteiger partial charge in [0.15, 0.2) is 0 Å². The molecule has 0 aromatic carbocycles. The second kappa shape index (κ2) is 9.38. The molecule has 2 aliphatic heterocycles. The van der Waals surface area contributed by atoms with Crippen LogP contribution < -0.4 is 11.2 Å². The van der Waals surface area contributed by atoms with Crippen molar-refractivity contribution in [3.05, 3.63) is 59.6 Å². The third kappa shape index (κ3) is 5.70. The van der Waals surface area contributed by atoms with Gasteiger partial charge < -0.3 is 10.2 Å². The van der Waals surface area contributed by atoms with Crippen LogP contribution in [0.25, 0.3) is 0 Å². The minimum atomic E-state index is -4.61. The summed E-state index contributed by atoms with van der Waals surface area (Å²) in [6.45, 7) is 4.24. The Morgan fingerprint density at radius 3 is 2.58 bits per heavy atom. The van der Waals surface area contributed by atoms with Crippen molar-refractivity contribution in [1.82, 2.24) is 15.2 Å². The molecule has 1 saturated carbocycles. The lowest BCUT2D eigenvalue weighted by molar-refractivity contribution is -0.336. The van der Waals surface area contributed by atoms with E-state index in [4.69, 9.17) is 5.84 Å². The maximum Gasteiger partial charge on any atom is 0.523 e. The largest absolute Gasteiger partial charge is 0.523 e. The molecule has 2 heterocycles. The highest BCUT2D eigenvalue weighted by Gasteiger charge is 2.45. The third-order valence-corrected chi connectivity index (χ3v) is 7.12. The molecule has 2 aliphatic carbocycles. The standard InChI is InChI=1S/C24H31F3N4O2/c1-17(21-4-2-3-11-31(21)28)22(32)29-16-18-14-23(15-18)9-12-30(13-10-23)19-5-7-20(8-6-19)33-24(25,26)27/h2-7,11,18,20H,8-10,12-16,28H2,1H3,(H,29,32)/b21-17+. The maximum atomic E-state index is 12.5. The van der Waals surface area contributed by atoms with Gasteiger partial charge in [-0.25, -0.2) is 5.84 Å². The van der Waals surface area contributed by atoms with Crippen molar-refractivity contribution in [2.75, 3.05) is 19.6 Å². The highest BCUT2D eigenvalue weighted by Crippen LogP contribution is 2.52. The number of hydrazine groups is 1. The van der Waals surface area contributed by atoms with Crippen molar-refractivity contribution in [3.8, 4) is 0 Å². The summed E-state index contributed by atoms with van der Waals surface area (Å²) in [5.74, 6) is 6.27. The van der Waals surface area contributed by atoms with Crippen LogP contribution in [0.3, 0.4) is 0 Å². The normalized spacial score (nSPS) is 26.3. The number of nitrogens with zero attached hydrogens (tertiary/aromatic N) is 2. The van der Waals surface area contributed by atoms with Crippen LogP contribution in [0.4, 0.5) is 13.2 Å². The Hall–Kier alpha value is -2.52. The first-order chi connectivity index (χ1) is 15.6. The van der Waals surface area contributed by atoms with Crippen LogP contribution in [-0.4, -0.2) is 47.9 Å². The second-order valence-corrected chi connectivity index (χ2v) is 9.42. The van der Waals surface area contributed by atoms with E-state index in [-0.39, 0.29) is 12.3 Å². The smallest absolute Gasteiger partial charge is 0.372 e. The Labute approximate surface area is 192 Å². The molecule has 0 bridgehead atoms. The minimum absolute atomic E-state index is 0.0972. The molecule has 1 unspecified atom stereocenters. The molecule has 1 atom stereocenters. The van der Waals surface area contributed by atoms with Crippen LogP contribution >= 0.6 is 0 Å². The van der Waals surface area contributed by atoms with Gasteiger partial charge in [0.2, 0.25) is 5.91 Å². The molecule has 0 aromatic heterocycles. The number of hydrogen-bond donors (Lipinski definition) is 2. The second-order valence-electron chi connectivity index (χ2n) is 9.42. The predicted molar refractivity (Wildman–Crippen MR) is 119 cm³/mol. The highest BCUT2D eigenvalue weighted by atomic mass is 19.4. The zero-order chi connectivity index (χ0) is 23.6. The van der Waals surface area contributed by atoms with Gasteiger partial charge in [0, 0.05) is 37.1 Å². The fourth-order valence-electron chi connectivity index (χ4n) is 5.30. The molecule has 9 heteroatoms. The van der Waals surface area contributed by atoms with Crippen LogP contribution in [0.1, 0.15) is 39.0 Å². The monoisotopic (exact) mass is 464 g/mol. The van der Waals surface area contributed by atoms with Gasteiger partial charge >= 0.3 is 6.36 Å². The summed E-state index contributed by atoms with van der Waals surface area (Å²) in [7, 11) is 0. The van der Waals surface area contributed by atoms with Crippen LogP contribution in [-0.2, 0) is 9.53 Å². The first-order valence-corrected chi connectivity index (χ1v) is 11.4. The number of alkyl halides is 3. The summed E-state index contributed by atoms with van der Waals surface area (Å²) < 4.78 is 41.2. The lowest BCUT2D eigenvalue weighted by Gasteiger charge is -2.53. The summed E-state index contributed by atoms with van der Waals surface area (Å²) in [5.41, 5.74) is 2.59. The number of likely N-dealkylation sites (tertiary alicyclic amines) is 1. The summed E-state index contributed by atoms with van der Waals surface area (Å²) in [6.07, 6.45) is 11.3. The maximum absolute atomic E-state index is 12.5. The van der Waals surface area contributed by atoms with Gasteiger partial charge in [-0.05, 0) is 68.6 Å². The van der Waals surface area contributed by atoms with Gasteiger partial charge in [0.05, 0.1) is 11.8 Å². The zero-order valence-electron chi connectivity index (χ0n) is 18.8. The number of halogens is 3. The van der Waals surface area contributed by atoms with Crippen molar-refractivity contribution in [2.45, 2.75) is 51.5 Å². The molecule has 2 fully saturated rings. The Morgan fingerprint density at radius 2 is 1.97 bits per heavy atom. The minimum Gasteiger partial charge on any atom is -0.372 e. The Bertz CT molecular complexity index is 903. The SMILES string of the molecule is C/C(C(=O)NCC1CC2(CCN(C3=CCC(OC(F)(F)F)C=C3)CC2)C1)=C1/C=CC=CN1N. The number of allylic oxidation sites excluding steroid dienone is 4. The van der Waals surface area contributed by atoms with Gasteiger partial charge in [0.25, 0.3) is 0 Å². The topological polar surface area (TPSA) is 70.8 Å². The van der Waals surface area contributed by atoms with Crippen LogP contribution in [0.2, 0.25) is 0 Å². The molecule has 4 aliphatic rings. The Morgan fingerprint density at radius 1 is 1.24 bits per heavy atom. The van der Waals surface area contributed by atoms with Crippen molar-refractivity contribution in [1.29, 1.82) is 0 Å². The van der Waals surface area contributed by atoms with E-state index < -0.39 is 12.5 Å². The average molecular weight is 465 g/mol. The average Bonchev–Trinajstić information content (AvgIpc) is 2.76. The number of amides is 1. The van der Waals surface area contributed by atoms with Gasteiger partial charge in [-0.2, -0.15) is 0 Å². The first kappa shape index (κ1) is 23.6. The van der Waals surface area contributed by atoms with Crippen LogP contribution in [0.5, 0.6) is 0 Å². The van der Waals surface area contributed by atoms with Crippen LogP contribution in [0.15, 0.2) is 59.6 Å². The van der Waals surface area contributed by atoms with E-state index in [0.29, 0.717) is 29.1 Å². The Balaban J connectivity index is 1.19. The van der Waals surface area contributed by atoms with E-state index in [2.05, 4.69) is 15.0 Å². The fourth-order valence-corrected chi connectivity index (χ4v) is 5.30. The highest BCUT2D eigenvalue weighted by molar-refractivity contribution is 5.94. The van der Waals surface area contributed by atoms with E-state index >= 15 is 0 Å². The van der Waals surface area contributed by atoms with Gasteiger partial charge in [-0.1, -0.05) is 18.2 Å². The quantitative estimate of drug-likeness (QED) is 0.477. The predicted octanol–water partition coefficient (Wildman–Crippen LogP) is 3.88. The molecule has 0 aromatic rings.